The lowest BCUT2D eigenvalue weighted by Gasteiger charge is -2.34. The molecule has 0 aliphatic carbocycles. The molecule has 0 aromatic heterocycles. The van der Waals surface area contributed by atoms with E-state index in [0.29, 0.717) is 11.3 Å². The molecule has 3 rings (SSSR count). The van der Waals surface area contributed by atoms with E-state index in [4.69, 9.17) is 0 Å². The molecule has 0 aliphatic rings. The molecule has 0 fully saturated rings. The van der Waals surface area contributed by atoms with E-state index in [9.17, 15) is 22.4 Å². The molecule has 7 nitrogen and oxygen atoms in total. The molecule has 1 atom stereocenters. The first-order chi connectivity index (χ1) is 18.2. The van der Waals surface area contributed by atoms with Crippen molar-refractivity contribution in [2.45, 2.75) is 64.6 Å². The summed E-state index contributed by atoms with van der Waals surface area (Å²) in [6, 6.07) is 18.1. The minimum Gasteiger partial charge on any atom is -0.350 e. The summed E-state index contributed by atoms with van der Waals surface area (Å²) in [6.07, 6.45) is 0. The van der Waals surface area contributed by atoms with E-state index in [-0.39, 0.29) is 17.0 Å². The zero-order valence-electron chi connectivity index (χ0n) is 23.2. The van der Waals surface area contributed by atoms with Gasteiger partial charge in [0.25, 0.3) is 10.0 Å². The maximum Gasteiger partial charge on any atom is 0.264 e. The van der Waals surface area contributed by atoms with Gasteiger partial charge in [-0.05, 0) is 71.4 Å². The van der Waals surface area contributed by atoms with Crippen molar-refractivity contribution < 1.29 is 22.4 Å². The van der Waals surface area contributed by atoms with Crippen molar-refractivity contribution in [3.63, 3.8) is 0 Å². The summed E-state index contributed by atoms with van der Waals surface area (Å²) in [5.41, 5.74) is 1.59. The Bertz CT molecular complexity index is 1440. The number of nitrogens with zero attached hydrogens (tertiary/aromatic N) is 2. The Kier molecular flexibility index (Phi) is 9.17. The van der Waals surface area contributed by atoms with Crippen LogP contribution >= 0.6 is 0 Å². The molecule has 0 bridgehead atoms. The Morgan fingerprint density at radius 3 is 2.15 bits per heavy atom. The number of carbonyl (C=O) groups is 2. The second-order valence-corrected chi connectivity index (χ2v) is 12.5. The van der Waals surface area contributed by atoms with Crippen molar-refractivity contribution in [1.29, 1.82) is 0 Å². The molecule has 0 saturated heterocycles. The number of carbonyl (C=O) groups excluding carboxylic acids is 2. The predicted octanol–water partition coefficient (Wildman–Crippen LogP) is 4.97. The van der Waals surface area contributed by atoms with Crippen molar-refractivity contribution in [2.24, 2.45) is 0 Å². The summed E-state index contributed by atoms with van der Waals surface area (Å²) in [6.45, 7) is 9.87. The number of sulfonamides is 1. The summed E-state index contributed by atoms with van der Waals surface area (Å²) in [5, 5.41) is 2.85. The van der Waals surface area contributed by atoms with Gasteiger partial charge in [-0.15, -0.1) is 0 Å². The van der Waals surface area contributed by atoms with Crippen LogP contribution in [0.25, 0.3) is 0 Å². The Morgan fingerprint density at radius 2 is 1.56 bits per heavy atom. The van der Waals surface area contributed by atoms with Crippen LogP contribution in [0.4, 0.5) is 10.1 Å². The maximum atomic E-state index is 14.6. The first-order valence-corrected chi connectivity index (χ1v) is 14.1. The summed E-state index contributed by atoms with van der Waals surface area (Å²) >= 11 is 0. The fourth-order valence-corrected chi connectivity index (χ4v) is 5.68. The molecule has 0 saturated carbocycles. The van der Waals surface area contributed by atoms with Crippen molar-refractivity contribution in [3.05, 3.63) is 95.3 Å². The zero-order valence-corrected chi connectivity index (χ0v) is 24.0. The second kappa shape index (κ2) is 12.0. The monoisotopic (exact) mass is 553 g/mol. The number of nitrogens with one attached hydrogen (secondary N) is 1. The van der Waals surface area contributed by atoms with Gasteiger partial charge in [-0.25, -0.2) is 12.8 Å². The highest BCUT2D eigenvalue weighted by Gasteiger charge is 2.34. The Hall–Kier alpha value is -3.72. The number of amides is 2. The van der Waals surface area contributed by atoms with E-state index in [0.717, 1.165) is 9.87 Å². The second-order valence-electron chi connectivity index (χ2n) is 10.6. The highest BCUT2D eigenvalue weighted by atomic mass is 32.2. The van der Waals surface area contributed by atoms with E-state index < -0.39 is 45.8 Å². The van der Waals surface area contributed by atoms with Crippen LogP contribution in [0.1, 0.15) is 44.4 Å². The van der Waals surface area contributed by atoms with Gasteiger partial charge in [-0.1, -0.05) is 54.1 Å². The number of halogens is 1. The lowest BCUT2D eigenvalue weighted by molar-refractivity contribution is -0.140. The fourth-order valence-electron chi connectivity index (χ4n) is 4.19. The van der Waals surface area contributed by atoms with E-state index in [2.05, 4.69) is 5.32 Å². The van der Waals surface area contributed by atoms with E-state index >= 15 is 0 Å². The first-order valence-electron chi connectivity index (χ1n) is 12.7. The predicted molar refractivity (Wildman–Crippen MR) is 151 cm³/mol. The largest absolute Gasteiger partial charge is 0.350 e. The third-order valence-corrected chi connectivity index (χ3v) is 7.97. The lowest BCUT2D eigenvalue weighted by atomic mass is 10.1. The summed E-state index contributed by atoms with van der Waals surface area (Å²) in [5.74, 6) is -1.60. The summed E-state index contributed by atoms with van der Waals surface area (Å²) in [4.78, 5) is 28.3. The van der Waals surface area contributed by atoms with Gasteiger partial charge < -0.3 is 10.2 Å². The molecule has 0 aliphatic heterocycles. The topological polar surface area (TPSA) is 86.8 Å². The molecule has 0 radical (unpaired) electrons. The van der Waals surface area contributed by atoms with Gasteiger partial charge in [0.15, 0.2) is 0 Å². The Balaban J connectivity index is 2.07. The van der Waals surface area contributed by atoms with Crippen molar-refractivity contribution in [3.8, 4) is 0 Å². The van der Waals surface area contributed by atoms with Crippen LogP contribution < -0.4 is 9.62 Å². The highest BCUT2D eigenvalue weighted by molar-refractivity contribution is 7.92. The van der Waals surface area contributed by atoms with Gasteiger partial charge in [0.2, 0.25) is 11.8 Å². The molecule has 3 aromatic carbocycles. The molecule has 39 heavy (non-hydrogen) atoms. The van der Waals surface area contributed by atoms with Crippen molar-refractivity contribution in [2.75, 3.05) is 10.8 Å². The van der Waals surface area contributed by atoms with Gasteiger partial charge in [0, 0.05) is 17.6 Å². The number of hydrogen-bond donors (Lipinski definition) is 1. The quantitative estimate of drug-likeness (QED) is 0.405. The third-order valence-electron chi connectivity index (χ3n) is 6.20. The van der Waals surface area contributed by atoms with Crippen LogP contribution in [-0.4, -0.2) is 43.3 Å². The lowest BCUT2D eigenvalue weighted by Crippen LogP contribution is -2.54. The minimum atomic E-state index is -4.16. The van der Waals surface area contributed by atoms with E-state index in [1.165, 1.54) is 35.2 Å². The molecule has 0 unspecified atom stereocenters. The summed E-state index contributed by atoms with van der Waals surface area (Å²) in [7, 11) is -4.16. The van der Waals surface area contributed by atoms with Crippen molar-refractivity contribution >= 4 is 27.5 Å². The summed E-state index contributed by atoms with van der Waals surface area (Å²) < 4.78 is 43.4. The normalized spacial score (nSPS) is 12.5. The van der Waals surface area contributed by atoms with Gasteiger partial charge in [-0.2, -0.15) is 0 Å². The number of hydrogen-bond acceptors (Lipinski definition) is 4. The minimum absolute atomic E-state index is 0.0250. The van der Waals surface area contributed by atoms with Gasteiger partial charge in [-0.3, -0.25) is 13.9 Å². The molecule has 3 aromatic rings. The number of anilines is 1. The van der Waals surface area contributed by atoms with Crippen molar-refractivity contribution in [1.82, 2.24) is 10.2 Å². The third kappa shape index (κ3) is 7.44. The SMILES string of the molecule is Cc1ccc(N(CC(=O)N(Cc2ccccc2F)[C@H](C)C(=O)NC(C)(C)C)S(=O)(=O)c2ccccc2)c(C)c1. The molecule has 2 amide bonds. The van der Waals surface area contributed by atoms with Crippen LogP contribution in [0.3, 0.4) is 0 Å². The van der Waals surface area contributed by atoms with Gasteiger partial charge in [0.05, 0.1) is 10.6 Å². The molecule has 9 heteroatoms. The number of benzene rings is 3. The molecular weight excluding hydrogens is 517 g/mol. The van der Waals surface area contributed by atoms with Crippen LogP contribution in [0.15, 0.2) is 77.7 Å². The highest BCUT2D eigenvalue weighted by Crippen LogP contribution is 2.28. The van der Waals surface area contributed by atoms with Crippen LogP contribution in [-0.2, 0) is 26.2 Å². The van der Waals surface area contributed by atoms with E-state index in [1.54, 1.807) is 50.2 Å². The average Bonchev–Trinajstić information content (AvgIpc) is 2.86. The maximum absolute atomic E-state index is 14.6. The van der Waals surface area contributed by atoms with Crippen LogP contribution in [0, 0.1) is 19.7 Å². The van der Waals surface area contributed by atoms with E-state index in [1.807, 2.05) is 33.8 Å². The smallest absolute Gasteiger partial charge is 0.264 e. The Labute approximate surface area is 230 Å². The number of rotatable bonds is 9. The molecule has 208 valence electrons. The average molecular weight is 554 g/mol. The van der Waals surface area contributed by atoms with Gasteiger partial charge >= 0.3 is 0 Å². The standard InChI is InChI=1S/C30H36FN3O4S/c1-21-16-17-27(22(2)18-21)34(39(37,38)25-13-8-7-9-14-25)20-28(35)33(19-24-12-10-11-15-26(24)31)23(3)29(36)32-30(4,5)6/h7-18,23H,19-20H2,1-6H3,(H,32,36)/t23-/m1/s1. The Morgan fingerprint density at radius 1 is 0.949 bits per heavy atom. The zero-order chi connectivity index (χ0) is 29.0. The molecule has 1 N–H and O–H groups in total. The molecular formula is C30H36FN3O4S. The van der Waals surface area contributed by atoms with Crippen LogP contribution in [0.5, 0.6) is 0 Å². The molecule has 0 spiro atoms. The van der Waals surface area contributed by atoms with Gasteiger partial charge in [0.1, 0.15) is 18.4 Å². The number of aryl methyl sites for hydroxylation is 2. The van der Waals surface area contributed by atoms with Crippen LogP contribution in [0.2, 0.25) is 0 Å². The first kappa shape index (κ1) is 29.8. The molecule has 0 heterocycles. The fraction of sp³-hybridized carbons (Fsp3) is 0.333.